The fourth-order valence-electron chi connectivity index (χ4n) is 3.62. The smallest absolute Gasteiger partial charge is 0.416 e. The van der Waals surface area contributed by atoms with Gasteiger partial charge < -0.3 is 20.5 Å². The highest BCUT2D eigenvalue weighted by atomic mass is 19.4. The van der Waals surface area contributed by atoms with Gasteiger partial charge in [-0.2, -0.15) is 18.3 Å². The van der Waals surface area contributed by atoms with Gasteiger partial charge in [0.1, 0.15) is 5.75 Å². The molecule has 3 N–H and O–H groups in total. The summed E-state index contributed by atoms with van der Waals surface area (Å²) in [4.78, 5) is 0. The number of alkyl halides is 3. The molecule has 164 valence electrons. The van der Waals surface area contributed by atoms with Gasteiger partial charge in [0.25, 0.3) is 0 Å². The van der Waals surface area contributed by atoms with Crippen molar-refractivity contribution in [2.75, 3.05) is 17.7 Å². The van der Waals surface area contributed by atoms with Crippen molar-refractivity contribution in [3.63, 3.8) is 0 Å². The molecule has 1 saturated heterocycles. The second-order valence-corrected chi connectivity index (χ2v) is 7.65. The molecule has 1 aromatic heterocycles. The molecule has 6 nitrogen and oxygen atoms in total. The van der Waals surface area contributed by atoms with Gasteiger partial charge in [-0.25, -0.2) is 0 Å². The molecule has 0 spiro atoms. The second kappa shape index (κ2) is 8.22. The zero-order valence-corrected chi connectivity index (χ0v) is 17.2. The van der Waals surface area contributed by atoms with E-state index >= 15 is 0 Å². The number of aromatic nitrogens is 2. The van der Waals surface area contributed by atoms with E-state index in [9.17, 15) is 13.2 Å². The number of benzene rings is 2. The van der Waals surface area contributed by atoms with E-state index < -0.39 is 17.8 Å². The molecule has 0 amide bonds. The van der Waals surface area contributed by atoms with Gasteiger partial charge in [-0.1, -0.05) is 0 Å². The van der Waals surface area contributed by atoms with Crippen molar-refractivity contribution in [1.29, 1.82) is 0 Å². The van der Waals surface area contributed by atoms with Crippen LogP contribution in [-0.2, 0) is 10.9 Å². The summed E-state index contributed by atoms with van der Waals surface area (Å²) in [6.07, 6.45) is -2.98. The van der Waals surface area contributed by atoms with E-state index in [2.05, 4.69) is 15.5 Å². The summed E-state index contributed by atoms with van der Waals surface area (Å²) in [5.74, 6) is 1.08. The lowest BCUT2D eigenvalue weighted by Gasteiger charge is -2.19. The Kier molecular flexibility index (Phi) is 5.62. The number of rotatable bonds is 5. The Labute approximate surface area is 177 Å². The molecule has 3 aromatic rings. The minimum Gasteiger partial charge on any atom is -0.465 e. The summed E-state index contributed by atoms with van der Waals surface area (Å²) in [5, 5.41) is 13.2. The van der Waals surface area contributed by atoms with Gasteiger partial charge in [0.15, 0.2) is 12.1 Å². The zero-order valence-electron chi connectivity index (χ0n) is 17.2. The minimum absolute atomic E-state index is 0.0468. The van der Waals surface area contributed by atoms with E-state index in [0.29, 0.717) is 23.7 Å². The summed E-state index contributed by atoms with van der Waals surface area (Å²) >= 11 is 0. The second-order valence-electron chi connectivity index (χ2n) is 7.65. The Morgan fingerprint density at radius 3 is 2.68 bits per heavy atom. The molecule has 1 aliphatic rings. The molecule has 4 rings (SSSR count). The minimum atomic E-state index is -4.48. The number of aryl methyl sites for hydroxylation is 1. The number of nitrogen functional groups attached to an aromatic ring is 1. The molecule has 2 atom stereocenters. The highest BCUT2D eigenvalue weighted by molar-refractivity contribution is 5.94. The maximum Gasteiger partial charge on any atom is 0.416 e. The molecule has 2 aromatic carbocycles. The Morgan fingerprint density at radius 2 is 1.97 bits per heavy atom. The number of nitrogens with one attached hydrogen (secondary N) is 1. The topological polar surface area (TPSA) is 82.3 Å². The van der Waals surface area contributed by atoms with E-state index in [4.69, 9.17) is 15.2 Å². The number of hydrogen-bond acceptors (Lipinski definition) is 6. The standard InChI is InChI=1S/C22H23F3N4O2/c1-12(14-8-15(22(23,24)25)10-16(26)9-14)27-21-19-11-17(31-20-4-3-7-30-20)5-6-18(19)13(2)28-29-21/h5-6,8-12,20H,3-4,7,26H2,1-2H3,(H,27,29)/t12?,20-/m0/s1. The third-order valence-electron chi connectivity index (χ3n) is 5.25. The normalized spacial score (nSPS) is 17.6. The van der Waals surface area contributed by atoms with Crippen molar-refractivity contribution in [2.45, 2.75) is 45.2 Å². The van der Waals surface area contributed by atoms with Crippen molar-refractivity contribution in [3.8, 4) is 5.75 Å². The molecule has 9 heteroatoms. The lowest BCUT2D eigenvalue weighted by molar-refractivity contribution is -0.137. The van der Waals surface area contributed by atoms with Crippen LogP contribution in [0, 0.1) is 6.92 Å². The van der Waals surface area contributed by atoms with Crippen LogP contribution in [0.4, 0.5) is 24.7 Å². The van der Waals surface area contributed by atoms with Gasteiger partial charge in [0, 0.05) is 22.9 Å². The van der Waals surface area contributed by atoms with Crippen LogP contribution >= 0.6 is 0 Å². The van der Waals surface area contributed by atoms with Crippen LogP contribution in [0.2, 0.25) is 0 Å². The van der Waals surface area contributed by atoms with E-state index in [0.717, 1.165) is 41.4 Å². The predicted octanol–water partition coefficient (Wildman–Crippen LogP) is 5.23. The van der Waals surface area contributed by atoms with Crippen LogP contribution in [0.25, 0.3) is 10.8 Å². The molecular weight excluding hydrogens is 409 g/mol. The van der Waals surface area contributed by atoms with Crippen LogP contribution < -0.4 is 15.8 Å². The number of fused-ring (bicyclic) bond motifs is 1. The highest BCUT2D eigenvalue weighted by Gasteiger charge is 2.31. The molecular formula is C22H23F3N4O2. The fraction of sp³-hybridized carbons (Fsp3) is 0.364. The Bertz CT molecular complexity index is 1100. The number of nitrogens with zero attached hydrogens (tertiary/aromatic N) is 2. The summed E-state index contributed by atoms with van der Waals surface area (Å²) in [6, 6.07) is 8.61. The lowest BCUT2D eigenvalue weighted by atomic mass is 10.0. The average Bonchev–Trinajstić information content (AvgIpc) is 3.22. The highest BCUT2D eigenvalue weighted by Crippen LogP contribution is 2.34. The molecule has 0 saturated carbocycles. The number of ether oxygens (including phenoxy) is 2. The maximum absolute atomic E-state index is 13.2. The number of nitrogens with two attached hydrogens (primary N) is 1. The lowest BCUT2D eigenvalue weighted by Crippen LogP contribution is -2.14. The SMILES string of the molecule is Cc1nnc(NC(C)c2cc(N)cc(C(F)(F)F)c2)c2cc(O[C@H]3CCCO3)ccc12. The number of hydrogen-bond donors (Lipinski definition) is 2. The molecule has 31 heavy (non-hydrogen) atoms. The van der Waals surface area contributed by atoms with Crippen molar-refractivity contribution in [1.82, 2.24) is 10.2 Å². The molecule has 0 radical (unpaired) electrons. The monoisotopic (exact) mass is 432 g/mol. The van der Waals surface area contributed by atoms with E-state index in [1.54, 1.807) is 6.92 Å². The molecule has 2 heterocycles. The maximum atomic E-state index is 13.2. The van der Waals surface area contributed by atoms with E-state index in [1.165, 1.54) is 6.07 Å². The summed E-state index contributed by atoms with van der Waals surface area (Å²) in [6.45, 7) is 4.26. The van der Waals surface area contributed by atoms with Gasteiger partial charge in [0.2, 0.25) is 0 Å². The molecule has 1 unspecified atom stereocenters. The van der Waals surface area contributed by atoms with Crippen LogP contribution in [0.15, 0.2) is 36.4 Å². The van der Waals surface area contributed by atoms with Gasteiger partial charge in [-0.05, 0) is 62.2 Å². The first-order chi connectivity index (χ1) is 14.7. The largest absolute Gasteiger partial charge is 0.465 e. The number of halogens is 3. The Morgan fingerprint density at radius 1 is 1.16 bits per heavy atom. The third kappa shape index (κ3) is 4.66. The van der Waals surface area contributed by atoms with Crippen molar-refractivity contribution >= 4 is 22.3 Å². The molecule has 1 aliphatic heterocycles. The van der Waals surface area contributed by atoms with Crippen LogP contribution in [-0.4, -0.2) is 23.1 Å². The first-order valence-electron chi connectivity index (χ1n) is 10.0. The first kappa shape index (κ1) is 21.2. The van der Waals surface area contributed by atoms with Gasteiger partial charge >= 0.3 is 6.18 Å². The molecule has 0 bridgehead atoms. The Hall–Kier alpha value is -3.07. The summed E-state index contributed by atoms with van der Waals surface area (Å²) in [7, 11) is 0. The van der Waals surface area contributed by atoms with Crippen LogP contribution in [0.3, 0.4) is 0 Å². The van der Waals surface area contributed by atoms with Crippen molar-refractivity contribution in [2.24, 2.45) is 0 Å². The van der Waals surface area contributed by atoms with E-state index in [1.807, 2.05) is 25.1 Å². The van der Waals surface area contributed by atoms with Crippen molar-refractivity contribution in [3.05, 3.63) is 53.2 Å². The van der Waals surface area contributed by atoms with Gasteiger partial charge in [0.05, 0.1) is 23.9 Å². The quantitative estimate of drug-likeness (QED) is 0.538. The molecule has 0 aliphatic carbocycles. The van der Waals surface area contributed by atoms with E-state index in [-0.39, 0.29) is 12.0 Å². The first-order valence-corrected chi connectivity index (χ1v) is 10.0. The van der Waals surface area contributed by atoms with Gasteiger partial charge in [-0.3, -0.25) is 0 Å². The average molecular weight is 432 g/mol. The molecule has 1 fully saturated rings. The van der Waals surface area contributed by atoms with Gasteiger partial charge in [-0.15, -0.1) is 5.10 Å². The zero-order chi connectivity index (χ0) is 22.2. The van der Waals surface area contributed by atoms with Crippen LogP contribution in [0.5, 0.6) is 5.75 Å². The predicted molar refractivity (Wildman–Crippen MR) is 112 cm³/mol. The number of anilines is 2. The van der Waals surface area contributed by atoms with Crippen LogP contribution in [0.1, 0.15) is 42.6 Å². The fourth-order valence-corrected chi connectivity index (χ4v) is 3.62. The van der Waals surface area contributed by atoms with Crippen molar-refractivity contribution < 1.29 is 22.6 Å². The summed E-state index contributed by atoms with van der Waals surface area (Å²) < 4.78 is 51.0. The third-order valence-corrected chi connectivity index (χ3v) is 5.25. The summed E-state index contributed by atoms with van der Waals surface area (Å²) in [5.41, 5.74) is 6.10. The Balaban J connectivity index is 1.66.